The number of hydrogen-bond acceptors (Lipinski definition) is 3. The second-order valence-corrected chi connectivity index (χ2v) is 5.27. The van der Waals surface area contributed by atoms with Gasteiger partial charge in [-0.2, -0.15) is 13.2 Å². The summed E-state index contributed by atoms with van der Waals surface area (Å²) in [5, 5.41) is -0.134. The van der Waals surface area contributed by atoms with E-state index in [1.165, 1.54) is 18.2 Å². The Bertz CT molecular complexity index is 896. The van der Waals surface area contributed by atoms with Crippen molar-refractivity contribution in [2.45, 2.75) is 12.8 Å². The van der Waals surface area contributed by atoms with Crippen LogP contribution in [-0.4, -0.2) is 10.9 Å². The van der Waals surface area contributed by atoms with Crippen molar-refractivity contribution in [1.29, 1.82) is 0 Å². The van der Waals surface area contributed by atoms with E-state index in [0.717, 1.165) is 11.8 Å². The van der Waals surface area contributed by atoms with Gasteiger partial charge >= 0.3 is 6.18 Å². The van der Waals surface area contributed by atoms with E-state index < -0.39 is 23.2 Å². The normalized spacial score (nSPS) is 11.5. The lowest BCUT2D eigenvalue weighted by atomic mass is 10.0. The maximum absolute atomic E-state index is 13.5. The lowest BCUT2D eigenvalue weighted by Gasteiger charge is -2.15. The second kappa shape index (κ2) is 6.90. The number of hydrogen-bond donors (Lipinski definition) is 1. The summed E-state index contributed by atoms with van der Waals surface area (Å²) in [5.41, 5.74) is 1.37. The molecule has 4 nitrogen and oxygen atoms in total. The van der Waals surface area contributed by atoms with Gasteiger partial charge in [0.1, 0.15) is 0 Å². The van der Waals surface area contributed by atoms with Crippen LogP contribution in [0.15, 0.2) is 60.8 Å². The molecule has 0 spiro atoms. The third kappa shape index (κ3) is 3.77. The van der Waals surface area contributed by atoms with Crippen molar-refractivity contribution in [2.75, 3.05) is 0 Å². The zero-order chi connectivity index (χ0) is 17.9. The molecule has 0 fully saturated rings. The molecule has 0 saturated carbocycles. The van der Waals surface area contributed by atoms with E-state index in [1.54, 1.807) is 30.3 Å². The third-order valence-corrected chi connectivity index (χ3v) is 3.55. The Morgan fingerprint density at radius 1 is 1.04 bits per heavy atom. The van der Waals surface area contributed by atoms with Crippen LogP contribution in [0.5, 0.6) is 0 Å². The van der Waals surface area contributed by atoms with Gasteiger partial charge in [-0.15, -0.1) is 0 Å². The molecule has 7 heteroatoms. The fraction of sp³-hybridized carbons (Fsp3) is 0.111. The van der Waals surface area contributed by atoms with E-state index in [0.29, 0.717) is 0 Å². The minimum Gasteiger partial charge on any atom is -0.269 e. The Balaban J connectivity index is 1.86. The lowest BCUT2D eigenvalue weighted by molar-refractivity contribution is -0.136. The molecule has 0 saturated heterocycles. The zero-order valence-corrected chi connectivity index (χ0v) is 12.9. The minimum absolute atomic E-state index is 0.0366. The average molecular weight is 346 g/mol. The maximum Gasteiger partial charge on any atom is 0.417 e. The van der Waals surface area contributed by atoms with E-state index in [9.17, 15) is 18.0 Å². The van der Waals surface area contributed by atoms with Crippen LogP contribution in [0.25, 0.3) is 10.9 Å². The fourth-order valence-corrected chi connectivity index (χ4v) is 2.43. The molecule has 3 aromatic rings. The molecule has 0 aliphatic carbocycles. The highest BCUT2D eigenvalue weighted by molar-refractivity contribution is 6.00. The molecular formula is C18H13F3N2O2. The highest BCUT2D eigenvalue weighted by Gasteiger charge is 2.37. The summed E-state index contributed by atoms with van der Waals surface area (Å²) in [7, 11) is 0. The molecule has 0 aliphatic rings. The van der Waals surface area contributed by atoms with Crippen LogP contribution < -0.4 is 5.48 Å². The van der Waals surface area contributed by atoms with Gasteiger partial charge < -0.3 is 0 Å². The molecule has 0 radical (unpaired) electrons. The number of fused-ring (bicyclic) bond motifs is 1. The summed E-state index contributed by atoms with van der Waals surface area (Å²) in [6.45, 7) is 0.0366. The average Bonchev–Trinajstić information content (AvgIpc) is 2.60. The van der Waals surface area contributed by atoms with E-state index in [2.05, 4.69) is 4.98 Å². The number of nitrogens with one attached hydrogen (secondary N) is 1. The fourth-order valence-electron chi connectivity index (χ4n) is 2.43. The highest BCUT2D eigenvalue weighted by Crippen LogP contribution is 2.36. The van der Waals surface area contributed by atoms with Crippen LogP contribution in [0.2, 0.25) is 0 Å². The van der Waals surface area contributed by atoms with Crippen LogP contribution in [0.3, 0.4) is 0 Å². The van der Waals surface area contributed by atoms with Gasteiger partial charge in [0, 0.05) is 11.6 Å². The predicted octanol–water partition coefficient (Wildman–Crippen LogP) is 4.12. The number of alkyl halides is 3. The highest BCUT2D eigenvalue weighted by atomic mass is 19.4. The Hall–Kier alpha value is -2.93. The third-order valence-electron chi connectivity index (χ3n) is 3.55. The van der Waals surface area contributed by atoms with Gasteiger partial charge in [0.25, 0.3) is 5.91 Å². The van der Waals surface area contributed by atoms with Crippen molar-refractivity contribution >= 4 is 16.8 Å². The number of para-hydroxylation sites is 1. The Morgan fingerprint density at radius 2 is 1.72 bits per heavy atom. The van der Waals surface area contributed by atoms with Crippen LogP contribution >= 0.6 is 0 Å². The number of benzene rings is 2. The van der Waals surface area contributed by atoms with Crippen molar-refractivity contribution < 1.29 is 22.8 Å². The molecular weight excluding hydrogens is 333 g/mol. The van der Waals surface area contributed by atoms with Gasteiger partial charge in [0.2, 0.25) is 0 Å². The molecule has 0 bridgehead atoms. The first-order chi connectivity index (χ1) is 12.0. The van der Waals surface area contributed by atoms with Crippen LogP contribution in [0.1, 0.15) is 21.5 Å². The van der Waals surface area contributed by atoms with Crippen LogP contribution in [-0.2, 0) is 17.6 Å². The summed E-state index contributed by atoms with van der Waals surface area (Å²) < 4.78 is 40.4. The van der Waals surface area contributed by atoms with Crippen LogP contribution in [0, 0.1) is 0 Å². The zero-order valence-electron chi connectivity index (χ0n) is 12.9. The van der Waals surface area contributed by atoms with Crippen molar-refractivity contribution in [2.24, 2.45) is 0 Å². The molecule has 1 N–H and O–H groups in total. The van der Waals surface area contributed by atoms with Gasteiger partial charge in [-0.3, -0.25) is 14.6 Å². The number of rotatable bonds is 4. The van der Waals surface area contributed by atoms with Crippen molar-refractivity contribution in [3.63, 3.8) is 0 Å². The van der Waals surface area contributed by atoms with E-state index in [1.807, 2.05) is 11.5 Å². The molecule has 0 unspecified atom stereocenters. The topological polar surface area (TPSA) is 51.2 Å². The second-order valence-electron chi connectivity index (χ2n) is 5.27. The van der Waals surface area contributed by atoms with Gasteiger partial charge in [0.15, 0.2) is 0 Å². The number of pyridine rings is 1. The number of hydroxylamine groups is 1. The van der Waals surface area contributed by atoms with E-state index >= 15 is 0 Å². The minimum atomic E-state index is -4.70. The number of aromatic nitrogens is 1. The monoisotopic (exact) mass is 346 g/mol. The van der Waals surface area contributed by atoms with E-state index in [-0.39, 0.29) is 17.5 Å². The summed E-state index contributed by atoms with van der Waals surface area (Å²) in [6, 6.07) is 14.7. The van der Waals surface area contributed by atoms with Crippen molar-refractivity contribution in [3.8, 4) is 0 Å². The van der Waals surface area contributed by atoms with Gasteiger partial charge in [0.05, 0.1) is 23.3 Å². The van der Waals surface area contributed by atoms with Gasteiger partial charge in [-0.1, -0.05) is 48.5 Å². The first-order valence-corrected chi connectivity index (χ1v) is 7.38. The predicted molar refractivity (Wildman–Crippen MR) is 85.4 cm³/mol. The number of carbonyl (C=O) groups excluding carboxylic acids is 1. The van der Waals surface area contributed by atoms with Crippen molar-refractivity contribution in [3.05, 3.63) is 77.5 Å². The molecule has 0 atom stereocenters. The summed E-state index contributed by atoms with van der Waals surface area (Å²) in [4.78, 5) is 21.1. The molecule has 128 valence electrons. The van der Waals surface area contributed by atoms with Crippen molar-refractivity contribution in [1.82, 2.24) is 10.5 Å². The molecule has 1 aromatic heterocycles. The number of nitrogens with zero attached hydrogens (tertiary/aromatic N) is 1. The Morgan fingerprint density at radius 3 is 2.44 bits per heavy atom. The van der Waals surface area contributed by atoms with E-state index in [4.69, 9.17) is 4.84 Å². The molecule has 25 heavy (non-hydrogen) atoms. The number of halogens is 3. The maximum atomic E-state index is 13.5. The van der Waals surface area contributed by atoms with Gasteiger partial charge in [-0.05, 0) is 11.6 Å². The molecule has 2 aromatic carbocycles. The summed E-state index contributed by atoms with van der Waals surface area (Å²) >= 11 is 0. The first-order valence-electron chi connectivity index (χ1n) is 7.38. The summed E-state index contributed by atoms with van der Waals surface area (Å²) in [6.07, 6.45) is -3.79. The number of amides is 1. The Labute approximate surface area is 141 Å². The molecule has 3 rings (SSSR count). The largest absolute Gasteiger partial charge is 0.417 e. The molecule has 0 aliphatic heterocycles. The smallest absolute Gasteiger partial charge is 0.269 e. The molecule has 1 heterocycles. The lowest BCUT2D eigenvalue weighted by Crippen LogP contribution is -2.27. The Kier molecular flexibility index (Phi) is 4.67. The van der Waals surface area contributed by atoms with Gasteiger partial charge in [-0.25, -0.2) is 5.48 Å². The molecule has 1 amide bonds. The SMILES string of the molecule is O=C(NOCc1ccccc1)c1cnc2ccccc2c1C(F)(F)F. The van der Waals surface area contributed by atoms with Crippen LogP contribution in [0.4, 0.5) is 13.2 Å². The first kappa shape index (κ1) is 16.9. The quantitative estimate of drug-likeness (QED) is 0.723. The summed E-state index contributed by atoms with van der Waals surface area (Å²) in [5.74, 6) is -0.999. The number of carbonyl (C=O) groups is 1. The standard InChI is InChI=1S/C18H13F3N2O2/c19-18(20,21)16-13-8-4-5-9-15(13)22-10-14(16)17(24)23-25-11-12-6-2-1-3-7-12/h1-10H,11H2,(H,23,24).